The van der Waals surface area contributed by atoms with E-state index in [4.69, 9.17) is 26.3 Å². The fourth-order valence-corrected chi connectivity index (χ4v) is 6.75. The maximum atomic E-state index is 9.68. The third kappa shape index (κ3) is 4.56. The van der Waals surface area contributed by atoms with E-state index >= 15 is 0 Å². The molecule has 40 heavy (non-hydrogen) atoms. The number of rotatable bonds is 6. The second-order valence-corrected chi connectivity index (χ2v) is 11.4. The summed E-state index contributed by atoms with van der Waals surface area (Å²) in [4.78, 5) is 21.5. The number of likely N-dealkylation sites (N-methyl/N-ethyl adjacent to an activating group) is 1. The summed E-state index contributed by atoms with van der Waals surface area (Å²) >= 11 is 6.70. The van der Waals surface area contributed by atoms with Gasteiger partial charge in [-0.3, -0.25) is 0 Å². The summed E-state index contributed by atoms with van der Waals surface area (Å²) in [5.74, 6) is 1.67. The lowest BCUT2D eigenvalue weighted by Crippen LogP contribution is -2.38. The van der Waals surface area contributed by atoms with Gasteiger partial charge in [-0.05, 0) is 50.4 Å². The zero-order chi connectivity index (χ0) is 27.2. The molecule has 1 fully saturated rings. The van der Waals surface area contributed by atoms with E-state index < -0.39 is 0 Å². The van der Waals surface area contributed by atoms with Gasteiger partial charge < -0.3 is 29.1 Å². The molecule has 0 aliphatic carbocycles. The summed E-state index contributed by atoms with van der Waals surface area (Å²) in [5.41, 5.74) is 4.40. The van der Waals surface area contributed by atoms with Crippen molar-refractivity contribution in [3.05, 3.63) is 70.4 Å². The Balaban J connectivity index is 1.23. The molecule has 7 rings (SSSR count). The van der Waals surface area contributed by atoms with Gasteiger partial charge in [0, 0.05) is 42.3 Å². The fourth-order valence-electron chi connectivity index (χ4n) is 6.48. The molecule has 10 heteroatoms. The highest BCUT2D eigenvalue weighted by molar-refractivity contribution is 6.36. The van der Waals surface area contributed by atoms with Crippen molar-refractivity contribution < 1.29 is 9.84 Å². The standard InChI is InChI=1S/C30H34ClN7O2/c1-35-11-4-7-21(35)19-40-30-33-25-17-36(26-9-3-6-20-5-2-8-24(31)28(20)26)12-10-23(25)29(34-30)37-13-14-38-22(16-37)15-32-27(38)18-39/h2-3,5-6,8-9,15,21,39H,4,7,10-14,16-19H2,1H3. The van der Waals surface area contributed by atoms with Gasteiger partial charge in [0.25, 0.3) is 0 Å². The van der Waals surface area contributed by atoms with Crippen LogP contribution in [-0.2, 0) is 32.7 Å². The molecule has 3 aliphatic heterocycles. The van der Waals surface area contributed by atoms with Gasteiger partial charge in [0.05, 0.1) is 35.7 Å². The van der Waals surface area contributed by atoms with E-state index in [1.165, 1.54) is 12.0 Å². The number of halogens is 1. The van der Waals surface area contributed by atoms with Crippen LogP contribution < -0.4 is 14.5 Å². The predicted molar refractivity (Wildman–Crippen MR) is 156 cm³/mol. The quantitative estimate of drug-likeness (QED) is 0.379. The van der Waals surface area contributed by atoms with Gasteiger partial charge in [0.2, 0.25) is 0 Å². The molecule has 3 aliphatic rings. The number of benzene rings is 2. The molecule has 1 atom stereocenters. The van der Waals surface area contributed by atoms with Gasteiger partial charge >= 0.3 is 6.01 Å². The Hall–Kier alpha value is -3.40. The number of fused-ring (bicyclic) bond motifs is 3. The highest BCUT2D eigenvalue weighted by atomic mass is 35.5. The van der Waals surface area contributed by atoms with Crippen LogP contribution in [0.25, 0.3) is 10.8 Å². The number of hydrogen-bond acceptors (Lipinski definition) is 8. The molecule has 2 aromatic heterocycles. The minimum atomic E-state index is -0.0511. The largest absolute Gasteiger partial charge is 0.462 e. The number of nitrogens with zero attached hydrogens (tertiary/aromatic N) is 7. The molecular weight excluding hydrogens is 526 g/mol. The molecule has 0 saturated carbocycles. The number of aliphatic hydroxyl groups is 1. The van der Waals surface area contributed by atoms with Crippen LogP contribution in [0.5, 0.6) is 6.01 Å². The Kier molecular flexibility index (Phi) is 6.73. The molecule has 5 heterocycles. The van der Waals surface area contributed by atoms with Gasteiger partial charge in [-0.1, -0.05) is 35.9 Å². The molecule has 0 radical (unpaired) electrons. The zero-order valence-electron chi connectivity index (χ0n) is 22.8. The van der Waals surface area contributed by atoms with Gasteiger partial charge in [0.1, 0.15) is 24.9 Å². The minimum Gasteiger partial charge on any atom is -0.462 e. The highest BCUT2D eigenvalue weighted by Gasteiger charge is 2.30. The smallest absolute Gasteiger partial charge is 0.318 e. The fraction of sp³-hybridized carbons (Fsp3) is 0.433. The number of imidazole rings is 1. The predicted octanol–water partition coefficient (Wildman–Crippen LogP) is 4.03. The van der Waals surface area contributed by atoms with E-state index in [-0.39, 0.29) is 6.61 Å². The van der Waals surface area contributed by atoms with Gasteiger partial charge in [-0.15, -0.1) is 0 Å². The van der Waals surface area contributed by atoms with Crippen LogP contribution in [0, 0.1) is 0 Å². The van der Waals surface area contributed by atoms with E-state index in [2.05, 4.69) is 55.6 Å². The summed E-state index contributed by atoms with van der Waals surface area (Å²) in [6.45, 7) is 5.38. The molecule has 1 saturated heterocycles. The van der Waals surface area contributed by atoms with Crippen LogP contribution in [0.4, 0.5) is 11.5 Å². The second-order valence-electron chi connectivity index (χ2n) is 11.0. The Bertz CT molecular complexity index is 1550. The van der Waals surface area contributed by atoms with Crippen molar-refractivity contribution in [2.24, 2.45) is 0 Å². The van der Waals surface area contributed by atoms with E-state index in [0.717, 1.165) is 77.7 Å². The number of hydrogen-bond donors (Lipinski definition) is 1. The monoisotopic (exact) mass is 559 g/mol. The van der Waals surface area contributed by atoms with Crippen molar-refractivity contribution in [2.45, 2.75) is 51.5 Å². The Labute approximate surface area is 239 Å². The molecular formula is C30H34ClN7O2. The Morgan fingerprint density at radius 2 is 1.90 bits per heavy atom. The van der Waals surface area contributed by atoms with Crippen LogP contribution >= 0.6 is 11.6 Å². The van der Waals surface area contributed by atoms with E-state index in [9.17, 15) is 5.11 Å². The second kappa shape index (κ2) is 10.5. The summed E-state index contributed by atoms with van der Waals surface area (Å²) in [5, 5.41) is 12.7. The minimum absolute atomic E-state index is 0.0511. The Morgan fingerprint density at radius 3 is 2.73 bits per heavy atom. The van der Waals surface area contributed by atoms with Crippen LogP contribution in [0.3, 0.4) is 0 Å². The van der Waals surface area contributed by atoms with Crippen molar-refractivity contribution in [1.29, 1.82) is 0 Å². The lowest BCUT2D eigenvalue weighted by molar-refractivity contribution is 0.187. The van der Waals surface area contributed by atoms with Crippen LogP contribution in [0.15, 0.2) is 42.6 Å². The van der Waals surface area contributed by atoms with E-state index in [1.807, 2.05) is 18.3 Å². The number of aromatic nitrogens is 4. The summed E-state index contributed by atoms with van der Waals surface area (Å²) in [6, 6.07) is 13.3. The first kappa shape index (κ1) is 25.6. The first-order chi connectivity index (χ1) is 19.6. The summed E-state index contributed by atoms with van der Waals surface area (Å²) < 4.78 is 8.41. The van der Waals surface area contributed by atoms with Crippen molar-refractivity contribution in [2.75, 3.05) is 43.1 Å². The molecule has 0 spiro atoms. The molecule has 4 aromatic rings. The van der Waals surface area contributed by atoms with Crippen molar-refractivity contribution in [3.8, 4) is 6.01 Å². The number of likely N-dealkylation sites (tertiary alicyclic amines) is 1. The molecule has 208 valence electrons. The number of aliphatic hydroxyl groups excluding tert-OH is 1. The number of anilines is 2. The lowest BCUT2D eigenvalue weighted by Gasteiger charge is -2.36. The van der Waals surface area contributed by atoms with Crippen LogP contribution in [0.2, 0.25) is 5.02 Å². The first-order valence-electron chi connectivity index (χ1n) is 14.1. The van der Waals surface area contributed by atoms with Gasteiger partial charge in [-0.2, -0.15) is 9.97 Å². The molecule has 9 nitrogen and oxygen atoms in total. The molecule has 1 N–H and O–H groups in total. The number of ether oxygens (including phenoxy) is 1. The first-order valence-corrected chi connectivity index (χ1v) is 14.5. The normalized spacial score (nSPS) is 19.2. The average Bonchev–Trinajstić information content (AvgIpc) is 3.60. The van der Waals surface area contributed by atoms with Crippen molar-refractivity contribution in [3.63, 3.8) is 0 Å². The third-order valence-electron chi connectivity index (χ3n) is 8.68. The van der Waals surface area contributed by atoms with Gasteiger partial charge in [-0.25, -0.2) is 4.98 Å². The maximum absolute atomic E-state index is 9.68. The van der Waals surface area contributed by atoms with Crippen molar-refractivity contribution in [1.82, 2.24) is 24.4 Å². The summed E-state index contributed by atoms with van der Waals surface area (Å²) in [7, 11) is 2.16. The SMILES string of the molecule is CN1CCCC1COc1nc2c(c(N3CCn4c(cnc4CO)C3)n1)CCN(c1cccc3cccc(Cl)c13)C2. The van der Waals surface area contributed by atoms with E-state index in [0.29, 0.717) is 37.6 Å². The molecule has 2 aromatic carbocycles. The molecule has 1 unspecified atom stereocenters. The topological polar surface area (TPSA) is 82.8 Å². The summed E-state index contributed by atoms with van der Waals surface area (Å²) in [6.07, 6.45) is 5.02. The highest BCUT2D eigenvalue weighted by Crippen LogP contribution is 2.37. The van der Waals surface area contributed by atoms with E-state index in [1.54, 1.807) is 0 Å². The molecule has 0 amide bonds. The Morgan fingerprint density at radius 1 is 1.02 bits per heavy atom. The van der Waals surface area contributed by atoms with Crippen LogP contribution in [-0.4, -0.2) is 68.9 Å². The maximum Gasteiger partial charge on any atom is 0.318 e. The zero-order valence-corrected chi connectivity index (χ0v) is 23.5. The lowest BCUT2D eigenvalue weighted by atomic mass is 10.0. The van der Waals surface area contributed by atoms with Gasteiger partial charge in [0.15, 0.2) is 0 Å². The van der Waals surface area contributed by atoms with Crippen LogP contribution in [0.1, 0.15) is 35.6 Å². The molecule has 0 bridgehead atoms. The average molecular weight is 560 g/mol. The van der Waals surface area contributed by atoms with Crippen molar-refractivity contribution >= 4 is 33.9 Å². The third-order valence-corrected chi connectivity index (χ3v) is 8.99.